The molecule has 11 heteroatoms. The van der Waals surface area contributed by atoms with Gasteiger partial charge in [0, 0.05) is 13.0 Å². The van der Waals surface area contributed by atoms with E-state index in [1.165, 1.54) is 5.51 Å². The number of carbonyl (C=O) groups excluding carboxylic acids is 1. The number of thiazole rings is 1. The molecule has 0 fully saturated rings. The fourth-order valence-corrected chi connectivity index (χ4v) is 3.66. The summed E-state index contributed by atoms with van der Waals surface area (Å²) in [4.78, 5) is 19.1. The number of esters is 1. The lowest BCUT2D eigenvalue weighted by atomic mass is 10.4. The van der Waals surface area contributed by atoms with Crippen LogP contribution in [-0.4, -0.2) is 43.2 Å². The Morgan fingerprint density at radius 1 is 1.52 bits per heavy atom. The third kappa shape index (κ3) is 3.62. The Morgan fingerprint density at radius 3 is 2.90 bits per heavy atom. The zero-order chi connectivity index (χ0) is 15.5. The minimum atomic E-state index is -3.85. The number of hydrogen-bond acceptors (Lipinski definition) is 9. The number of sulfonamides is 1. The molecule has 2 aromatic heterocycles. The summed E-state index contributed by atoms with van der Waals surface area (Å²) in [5.41, 5.74) is 1.03. The molecule has 0 amide bonds. The SMILES string of the molecule is COC(=O)c1ncsc1S(=O)(=O)NCCc1nc(C)no1. The molecular formula is C10H12N4O5S2. The van der Waals surface area contributed by atoms with Crippen LogP contribution in [0.3, 0.4) is 0 Å². The number of ether oxygens (including phenoxy) is 1. The van der Waals surface area contributed by atoms with Gasteiger partial charge in [-0.25, -0.2) is 22.9 Å². The molecule has 0 spiro atoms. The van der Waals surface area contributed by atoms with Gasteiger partial charge < -0.3 is 9.26 Å². The van der Waals surface area contributed by atoms with Crippen molar-refractivity contribution in [2.24, 2.45) is 0 Å². The van der Waals surface area contributed by atoms with Gasteiger partial charge in [0.05, 0.1) is 12.6 Å². The fraction of sp³-hybridized carbons (Fsp3) is 0.400. The van der Waals surface area contributed by atoms with Crippen molar-refractivity contribution < 1.29 is 22.5 Å². The van der Waals surface area contributed by atoms with Crippen molar-refractivity contribution in [3.05, 3.63) is 22.9 Å². The molecule has 2 aromatic rings. The number of aryl methyl sites for hydroxylation is 1. The summed E-state index contributed by atoms with van der Waals surface area (Å²) < 4.78 is 35.7. The van der Waals surface area contributed by atoms with E-state index in [4.69, 9.17) is 4.52 Å². The summed E-state index contributed by atoms with van der Waals surface area (Å²) in [6.07, 6.45) is 0.242. The van der Waals surface area contributed by atoms with Crippen LogP contribution in [0, 0.1) is 6.92 Å². The molecule has 0 aliphatic heterocycles. The van der Waals surface area contributed by atoms with Crippen LogP contribution >= 0.6 is 11.3 Å². The van der Waals surface area contributed by atoms with Gasteiger partial charge in [0.25, 0.3) is 10.0 Å². The molecule has 0 aromatic carbocycles. The zero-order valence-corrected chi connectivity index (χ0v) is 12.8. The van der Waals surface area contributed by atoms with E-state index < -0.39 is 16.0 Å². The quantitative estimate of drug-likeness (QED) is 0.741. The van der Waals surface area contributed by atoms with Crippen LogP contribution in [0.1, 0.15) is 22.2 Å². The molecule has 0 saturated carbocycles. The van der Waals surface area contributed by atoms with Crippen molar-refractivity contribution in [3.63, 3.8) is 0 Å². The van der Waals surface area contributed by atoms with Crippen LogP contribution in [0.4, 0.5) is 0 Å². The van der Waals surface area contributed by atoms with Gasteiger partial charge >= 0.3 is 5.97 Å². The first-order valence-electron chi connectivity index (χ1n) is 5.74. The second kappa shape index (κ2) is 6.28. The highest BCUT2D eigenvalue weighted by molar-refractivity contribution is 7.91. The van der Waals surface area contributed by atoms with E-state index >= 15 is 0 Å². The zero-order valence-electron chi connectivity index (χ0n) is 11.2. The number of nitrogens with zero attached hydrogens (tertiary/aromatic N) is 3. The van der Waals surface area contributed by atoms with Gasteiger partial charge in [0.15, 0.2) is 15.7 Å². The topological polar surface area (TPSA) is 124 Å². The first-order chi connectivity index (χ1) is 9.94. The van der Waals surface area contributed by atoms with Crippen LogP contribution in [0.15, 0.2) is 14.2 Å². The summed E-state index contributed by atoms with van der Waals surface area (Å²) in [5, 5.41) is 3.60. The van der Waals surface area contributed by atoms with Crippen molar-refractivity contribution in [1.29, 1.82) is 0 Å². The van der Waals surface area contributed by atoms with Crippen LogP contribution < -0.4 is 4.72 Å². The highest BCUT2D eigenvalue weighted by Crippen LogP contribution is 2.20. The summed E-state index contributed by atoms with van der Waals surface area (Å²) in [7, 11) is -2.69. The predicted octanol–water partition coefficient (Wildman–Crippen LogP) is 0.142. The van der Waals surface area contributed by atoms with Gasteiger partial charge in [0.1, 0.15) is 0 Å². The third-order valence-electron chi connectivity index (χ3n) is 2.36. The molecule has 2 heterocycles. The van der Waals surface area contributed by atoms with Crippen molar-refractivity contribution in [2.75, 3.05) is 13.7 Å². The van der Waals surface area contributed by atoms with E-state index in [-0.39, 0.29) is 22.9 Å². The molecule has 2 rings (SSSR count). The lowest BCUT2D eigenvalue weighted by Gasteiger charge is -2.04. The molecule has 0 radical (unpaired) electrons. The van der Waals surface area contributed by atoms with Crippen molar-refractivity contribution in [1.82, 2.24) is 19.8 Å². The van der Waals surface area contributed by atoms with E-state index in [1.54, 1.807) is 6.92 Å². The van der Waals surface area contributed by atoms with E-state index in [9.17, 15) is 13.2 Å². The summed E-state index contributed by atoms with van der Waals surface area (Å²) >= 11 is 0.837. The van der Waals surface area contributed by atoms with Crippen LogP contribution in [-0.2, 0) is 21.2 Å². The molecule has 21 heavy (non-hydrogen) atoms. The van der Waals surface area contributed by atoms with Crippen LogP contribution in [0.2, 0.25) is 0 Å². The minimum Gasteiger partial charge on any atom is -0.464 e. The van der Waals surface area contributed by atoms with E-state index in [0.29, 0.717) is 11.7 Å². The van der Waals surface area contributed by atoms with Crippen molar-refractivity contribution in [3.8, 4) is 0 Å². The third-order valence-corrected chi connectivity index (χ3v) is 5.19. The summed E-state index contributed by atoms with van der Waals surface area (Å²) in [6.45, 7) is 1.72. The molecule has 0 atom stereocenters. The largest absolute Gasteiger partial charge is 0.464 e. The smallest absolute Gasteiger partial charge is 0.358 e. The van der Waals surface area contributed by atoms with Gasteiger partial charge in [-0.15, -0.1) is 11.3 Å². The second-order valence-electron chi connectivity index (χ2n) is 3.86. The minimum absolute atomic E-state index is 0.0580. The molecule has 0 bridgehead atoms. The predicted molar refractivity (Wildman–Crippen MR) is 71.4 cm³/mol. The molecule has 114 valence electrons. The van der Waals surface area contributed by atoms with Crippen molar-refractivity contribution >= 4 is 27.3 Å². The number of methoxy groups -OCH3 is 1. The molecular weight excluding hydrogens is 320 g/mol. The molecule has 0 aliphatic carbocycles. The Kier molecular flexibility index (Phi) is 4.65. The number of rotatable bonds is 6. The lowest BCUT2D eigenvalue weighted by molar-refractivity contribution is 0.0590. The fourth-order valence-electron chi connectivity index (χ4n) is 1.46. The monoisotopic (exact) mass is 332 g/mol. The Hall–Kier alpha value is -1.85. The molecule has 0 unspecified atom stereocenters. The first-order valence-corrected chi connectivity index (χ1v) is 8.11. The lowest BCUT2D eigenvalue weighted by Crippen LogP contribution is -2.27. The number of carbonyl (C=O) groups is 1. The van der Waals surface area contributed by atoms with E-state index in [0.717, 1.165) is 18.4 Å². The normalized spacial score (nSPS) is 11.5. The molecule has 1 N–H and O–H groups in total. The maximum atomic E-state index is 12.1. The van der Waals surface area contributed by atoms with Crippen LogP contribution in [0.5, 0.6) is 0 Å². The van der Waals surface area contributed by atoms with E-state index in [2.05, 4.69) is 24.6 Å². The maximum Gasteiger partial charge on any atom is 0.358 e. The highest BCUT2D eigenvalue weighted by atomic mass is 32.2. The Labute approximate surface area is 124 Å². The van der Waals surface area contributed by atoms with Gasteiger partial charge in [-0.3, -0.25) is 0 Å². The van der Waals surface area contributed by atoms with Gasteiger partial charge in [-0.05, 0) is 6.92 Å². The Morgan fingerprint density at radius 2 is 2.29 bits per heavy atom. The summed E-state index contributed by atoms with van der Waals surface area (Å²) in [6, 6.07) is 0. The number of hydrogen-bond donors (Lipinski definition) is 1. The molecule has 9 nitrogen and oxygen atoms in total. The van der Waals surface area contributed by atoms with Crippen molar-refractivity contribution in [2.45, 2.75) is 17.6 Å². The molecule has 0 saturated heterocycles. The van der Waals surface area contributed by atoms with E-state index in [1.807, 2.05) is 0 Å². The molecule has 0 aliphatic rings. The average Bonchev–Trinajstić information content (AvgIpc) is 3.07. The Bertz CT molecular complexity index is 736. The van der Waals surface area contributed by atoms with Gasteiger partial charge in [-0.2, -0.15) is 4.98 Å². The average molecular weight is 332 g/mol. The standard InChI is InChI=1S/C10H12N4O5S2/c1-6-13-7(19-14-6)3-4-12-21(16,17)10-8(9(15)18-2)11-5-20-10/h5,12H,3-4H2,1-2H3. The maximum absolute atomic E-state index is 12.1. The Balaban J connectivity index is 2.05. The van der Waals surface area contributed by atoms with Gasteiger partial charge in [0.2, 0.25) is 5.89 Å². The van der Waals surface area contributed by atoms with Crippen LogP contribution in [0.25, 0.3) is 0 Å². The first kappa shape index (κ1) is 15.5. The van der Waals surface area contributed by atoms with Gasteiger partial charge in [-0.1, -0.05) is 5.16 Å². The second-order valence-corrected chi connectivity index (χ2v) is 6.68. The highest BCUT2D eigenvalue weighted by Gasteiger charge is 2.26. The number of nitrogens with one attached hydrogen (secondary N) is 1. The number of aromatic nitrogens is 3. The summed E-state index contributed by atoms with van der Waals surface area (Å²) in [5.74, 6) is 0.000128.